The monoisotopic (exact) mass is 303 g/mol. The molecule has 1 aliphatic rings. The summed E-state index contributed by atoms with van der Waals surface area (Å²) in [4.78, 5) is 2.56. The zero-order chi connectivity index (χ0) is 16.3. The Hall–Kier alpha value is -0.860. The molecule has 0 unspecified atom stereocenters. The molecule has 0 aromatic heterocycles. The van der Waals surface area contributed by atoms with Crippen molar-refractivity contribution in [2.24, 2.45) is 5.92 Å². The summed E-state index contributed by atoms with van der Waals surface area (Å²) in [6.07, 6.45) is 1.88. The molecule has 1 heterocycles. The van der Waals surface area contributed by atoms with Gasteiger partial charge in [0, 0.05) is 19.6 Å². The lowest BCUT2D eigenvalue weighted by Gasteiger charge is -2.36. The van der Waals surface area contributed by atoms with Crippen molar-refractivity contribution in [3.63, 3.8) is 0 Å². The number of hydrogen-bond acceptors (Lipinski definition) is 2. The van der Waals surface area contributed by atoms with E-state index in [2.05, 4.69) is 70.7 Å². The number of ether oxygens (including phenoxy) is 1. The SMILES string of the molecule is C[C@@H](Cc1ccc(C(C)(C)C)cc1)CN1C[C@@H](C)O[C@@H](C)C1. The van der Waals surface area contributed by atoms with Crippen LogP contribution in [-0.2, 0) is 16.6 Å². The zero-order valence-electron chi connectivity index (χ0n) is 15.2. The van der Waals surface area contributed by atoms with Gasteiger partial charge in [-0.2, -0.15) is 0 Å². The number of rotatable bonds is 4. The minimum atomic E-state index is 0.240. The van der Waals surface area contributed by atoms with Gasteiger partial charge in [0.25, 0.3) is 0 Å². The summed E-state index contributed by atoms with van der Waals surface area (Å²) in [5.41, 5.74) is 3.11. The summed E-state index contributed by atoms with van der Waals surface area (Å²) in [7, 11) is 0. The molecule has 2 rings (SSSR count). The van der Waals surface area contributed by atoms with E-state index in [9.17, 15) is 0 Å². The highest BCUT2D eigenvalue weighted by atomic mass is 16.5. The fourth-order valence-corrected chi connectivity index (χ4v) is 3.48. The van der Waals surface area contributed by atoms with E-state index in [1.807, 2.05) is 0 Å². The predicted molar refractivity (Wildman–Crippen MR) is 94.5 cm³/mol. The lowest BCUT2D eigenvalue weighted by Crippen LogP contribution is -2.47. The minimum Gasteiger partial charge on any atom is -0.373 e. The summed E-state index contributed by atoms with van der Waals surface area (Å²) in [5, 5.41) is 0. The molecule has 1 aromatic carbocycles. The first-order valence-electron chi connectivity index (χ1n) is 8.71. The van der Waals surface area contributed by atoms with Crippen molar-refractivity contribution < 1.29 is 4.74 Å². The van der Waals surface area contributed by atoms with E-state index in [1.54, 1.807) is 0 Å². The lowest BCUT2D eigenvalue weighted by atomic mass is 9.86. The molecular weight excluding hydrogens is 270 g/mol. The molecule has 0 saturated carbocycles. The van der Waals surface area contributed by atoms with Gasteiger partial charge in [-0.1, -0.05) is 52.0 Å². The smallest absolute Gasteiger partial charge is 0.0678 e. The summed E-state index contributed by atoms with van der Waals surface area (Å²) < 4.78 is 5.82. The second-order valence-corrected chi connectivity index (χ2v) is 8.23. The van der Waals surface area contributed by atoms with Gasteiger partial charge in [0.05, 0.1) is 12.2 Å². The van der Waals surface area contributed by atoms with Crippen LogP contribution in [0.25, 0.3) is 0 Å². The van der Waals surface area contributed by atoms with Gasteiger partial charge >= 0.3 is 0 Å². The molecule has 3 atom stereocenters. The topological polar surface area (TPSA) is 12.5 Å². The number of benzene rings is 1. The van der Waals surface area contributed by atoms with Crippen LogP contribution in [-0.4, -0.2) is 36.7 Å². The van der Waals surface area contributed by atoms with Gasteiger partial charge in [-0.05, 0) is 42.7 Å². The molecular formula is C20H33NO. The second kappa shape index (κ2) is 7.14. The molecule has 0 spiro atoms. The van der Waals surface area contributed by atoms with Crippen LogP contribution in [0, 0.1) is 5.92 Å². The fraction of sp³-hybridized carbons (Fsp3) is 0.700. The van der Waals surface area contributed by atoms with E-state index < -0.39 is 0 Å². The molecule has 124 valence electrons. The first-order valence-corrected chi connectivity index (χ1v) is 8.71. The first kappa shape index (κ1) is 17.5. The van der Waals surface area contributed by atoms with Crippen LogP contribution in [0.15, 0.2) is 24.3 Å². The number of morpholine rings is 1. The van der Waals surface area contributed by atoms with Crippen molar-refractivity contribution in [2.45, 2.75) is 65.6 Å². The molecule has 1 fully saturated rings. The Balaban J connectivity index is 1.87. The third-order valence-electron chi connectivity index (χ3n) is 4.47. The maximum Gasteiger partial charge on any atom is 0.0678 e. The van der Waals surface area contributed by atoms with E-state index >= 15 is 0 Å². The van der Waals surface area contributed by atoms with E-state index in [-0.39, 0.29) is 5.41 Å². The maximum atomic E-state index is 5.82. The van der Waals surface area contributed by atoms with Crippen molar-refractivity contribution >= 4 is 0 Å². The summed E-state index contributed by atoms with van der Waals surface area (Å²) in [6.45, 7) is 16.8. The molecule has 0 amide bonds. The van der Waals surface area contributed by atoms with Crippen LogP contribution in [0.5, 0.6) is 0 Å². The molecule has 1 aliphatic heterocycles. The van der Waals surface area contributed by atoms with Crippen LogP contribution < -0.4 is 0 Å². The molecule has 0 N–H and O–H groups in total. The maximum absolute atomic E-state index is 5.82. The molecule has 2 heteroatoms. The third kappa shape index (κ3) is 5.10. The Bertz CT molecular complexity index is 450. The van der Waals surface area contributed by atoms with Crippen molar-refractivity contribution in [1.82, 2.24) is 4.90 Å². The van der Waals surface area contributed by atoms with Crippen LogP contribution in [0.1, 0.15) is 52.7 Å². The minimum absolute atomic E-state index is 0.240. The zero-order valence-corrected chi connectivity index (χ0v) is 15.2. The Kier molecular flexibility index (Phi) is 5.68. The molecule has 0 bridgehead atoms. The van der Waals surface area contributed by atoms with Crippen molar-refractivity contribution in [2.75, 3.05) is 19.6 Å². The van der Waals surface area contributed by atoms with Gasteiger partial charge in [0.2, 0.25) is 0 Å². The highest BCUT2D eigenvalue weighted by molar-refractivity contribution is 5.27. The normalized spacial score (nSPS) is 25.2. The van der Waals surface area contributed by atoms with Gasteiger partial charge in [0.15, 0.2) is 0 Å². The summed E-state index contributed by atoms with van der Waals surface area (Å²) >= 11 is 0. The van der Waals surface area contributed by atoms with Gasteiger partial charge < -0.3 is 4.74 Å². The molecule has 22 heavy (non-hydrogen) atoms. The molecule has 0 aliphatic carbocycles. The highest BCUT2D eigenvalue weighted by Gasteiger charge is 2.23. The van der Waals surface area contributed by atoms with Gasteiger partial charge in [0.1, 0.15) is 0 Å². The Labute approximate surface area is 136 Å². The van der Waals surface area contributed by atoms with E-state index in [0.717, 1.165) is 19.5 Å². The third-order valence-corrected chi connectivity index (χ3v) is 4.47. The van der Waals surface area contributed by atoms with E-state index in [0.29, 0.717) is 18.1 Å². The van der Waals surface area contributed by atoms with E-state index in [4.69, 9.17) is 4.74 Å². The van der Waals surface area contributed by atoms with Gasteiger partial charge in [-0.25, -0.2) is 0 Å². The summed E-state index contributed by atoms with van der Waals surface area (Å²) in [5.74, 6) is 0.679. The standard InChI is InChI=1S/C20H33NO/c1-15(12-21-13-16(2)22-17(3)14-21)11-18-7-9-19(10-8-18)20(4,5)6/h7-10,15-17H,11-14H2,1-6H3/t15-,16-,17+/m0/s1. The average Bonchev–Trinajstić information content (AvgIpc) is 2.36. The van der Waals surface area contributed by atoms with E-state index in [1.165, 1.54) is 17.7 Å². The largest absolute Gasteiger partial charge is 0.373 e. The van der Waals surface area contributed by atoms with Crippen LogP contribution in [0.4, 0.5) is 0 Å². The highest BCUT2D eigenvalue weighted by Crippen LogP contribution is 2.23. The van der Waals surface area contributed by atoms with Crippen molar-refractivity contribution in [3.8, 4) is 0 Å². The van der Waals surface area contributed by atoms with Crippen LogP contribution in [0.3, 0.4) is 0 Å². The predicted octanol–water partition coefficient (Wildman–Crippen LogP) is 4.27. The van der Waals surface area contributed by atoms with Gasteiger partial charge in [-0.3, -0.25) is 4.90 Å². The van der Waals surface area contributed by atoms with Crippen LogP contribution >= 0.6 is 0 Å². The second-order valence-electron chi connectivity index (χ2n) is 8.23. The Morgan fingerprint density at radius 1 is 1.09 bits per heavy atom. The number of hydrogen-bond donors (Lipinski definition) is 0. The average molecular weight is 303 g/mol. The van der Waals surface area contributed by atoms with Gasteiger partial charge in [-0.15, -0.1) is 0 Å². The van der Waals surface area contributed by atoms with Crippen molar-refractivity contribution in [3.05, 3.63) is 35.4 Å². The first-order chi connectivity index (χ1) is 10.2. The van der Waals surface area contributed by atoms with Crippen LogP contribution in [0.2, 0.25) is 0 Å². The summed E-state index contributed by atoms with van der Waals surface area (Å²) in [6, 6.07) is 9.20. The Morgan fingerprint density at radius 2 is 1.64 bits per heavy atom. The number of nitrogens with zero attached hydrogens (tertiary/aromatic N) is 1. The van der Waals surface area contributed by atoms with Crippen molar-refractivity contribution in [1.29, 1.82) is 0 Å². The quantitative estimate of drug-likeness (QED) is 0.823. The molecule has 2 nitrogen and oxygen atoms in total. The molecule has 0 radical (unpaired) electrons. The molecule has 1 saturated heterocycles. The Morgan fingerprint density at radius 3 is 2.14 bits per heavy atom. The lowest BCUT2D eigenvalue weighted by molar-refractivity contribution is -0.0708. The molecule has 1 aromatic rings. The fourth-order valence-electron chi connectivity index (χ4n) is 3.48.